The number of unbranched alkanes of at least 4 members (excludes halogenated alkanes) is 1. The van der Waals surface area contributed by atoms with Crippen molar-refractivity contribution in [2.45, 2.75) is 26.7 Å². The van der Waals surface area contributed by atoms with Gasteiger partial charge < -0.3 is 5.43 Å². The van der Waals surface area contributed by atoms with Crippen LogP contribution in [0.2, 0.25) is 0 Å². The van der Waals surface area contributed by atoms with Crippen molar-refractivity contribution < 1.29 is 0 Å². The molecule has 0 aliphatic carbocycles. The first kappa shape index (κ1) is 9.21. The third kappa shape index (κ3) is 7.21. The number of rotatable bonds is 5. The molecule has 0 atom stereocenters. The van der Waals surface area contributed by atoms with E-state index < -0.39 is 0 Å². The Balaban J connectivity index is 3.10. The van der Waals surface area contributed by atoms with Crippen molar-refractivity contribution in [1.82, 2.24) is 5.43 Å². The SMILES string of the molecule is C=C(C)CN/N=C/CCC. The summed E-state index contributed by atoms with van der Waals surface area (Å²) < 4.78 is 0. The predicted octanol–water partition coefficient (Wildman–Crippen LogP) is 1.94. The molecule has 0 bridgehead atoms. The van der Waals surface area contributed by atoms with Crippen molar-refractivity contribution >= 4 is 6.21 Å². The summed E-state index contributed by atoms with van der Waals surface area (Å²) >= 11 is 0. The lowest BCUT2D eigenvalue weighted by Gasteiger charge is -1.96. The van der Waals surface area contributed by atoms with E-state index in [4.69, 9.17) is 0 Å². The summed E-state index contributed by atoms with van der Waals surface area (Å²) in [6.45, 7) is 8.62. The van der Waals surface area contributed by atoms with Crippen molar-refractivity contribution in [3.05, 3.63) is 12.2 Å². The molecule has 1 N–H and O–H groups in total. The fourth-order valence-electron chi connectivity index (χ4n) is 0.439. The first-order chi connectivity index (χ1) is 4.77. The largest absolute Gasteiger partial charge is 0.306 e. The molecule has 2 heteroatoms. The molecule has 0 amide bonds. The molecule has 0 heterocycles. The lowest BCUT2D eigenvalue weighted by Crippen LogP contribution is -2.07. The Labute approximate surface area is 63.0 Å². The molecule has 0 aromatic carbocycles. The fourth-order valence-corrected chi connectivity index (χ4v) is 0.439. The first-order valence-electron chi connectivity index (χ1n) is 3.66. The van der Waals surface area contributed by atoms with Crippen LogP contribution >= 0.6 is 0 Å². The Bertz CT molecular complexity index is 116. The van der Waals surface area contributed by atoms with Gasteiger partial charge in [-0.2, -0.15) is 5.10 Å². The summed E-state index contributed by atoms with van der Waals surface area (Å²) in [5, 5.41) is 3.97. The zero-order valence-electron chi connectivity index (χ0n) is 6.85. The van der Waals surface area contributed by atoms with E-state index in [1.807, 2.05) is 13.1 Å². The number of nitrogens with one attached hydrogen (secondary N) is 1. The molecule has 2 nitrogen and oxygen atoms in total. The summed E-state index contributed by atoms with van der Waals surface area (Å²) in [5.41, 5.74) is 3.99. The van der Waals surface area contributed by atoms with E-state index in [2.05, 4.69) is 24.0 Å². The van der Waals surface area contributed by atoms with Crippen LogP contribution in [0.3, 0.4) is 0 Å². The lowest BCUT2D eigenvalue weighted by molar-refractivity contribution is 0.797. The molecule has 0 aromatic rings. The Kier molecular flexibility index (Phi) is 5.83. The van der Waals surface area contributed by atoms with Crippen LogP contribution in [0.1, 0.15) is 26.7 Å². The fraction of sp³-hybridized carbons (Fsp3) is 0.625. The van der Waals surface area contributed by atoms with Crippen molar-refractivity contribution in [2.75, 3.05) is 6.54 Å². The van der Waals surface area contributed by atoms with Gasteiger partial charge in [0.25, 0.3) is 0 Å². The first-order valence-corrected chi connectivity index (χ1v) is 3.66. The molecular weight excluding hydrogens is 124 g/mol. The highest BCUT2D eigenvalue weighted by Gasteiger charge is 1.79. The number of hydrazone groups is 1. The summed E-state index contributed by atoms with van der Waals surface area (Å²) in [7, 11) is 0. The molecule has 0 saturated carbocycles. The highest BCUT2D eigenvalue weighted by atomic mass is 15.3. The maximum atomic E-state index is 3.97. The monoisotopic (exact) mass is 140 g/mol. The summed E-state index contributed by atoms with van der Waals surface area (Å²) in [6.07, 6.45) is 4.09. The maximum Gasteiger partial charge on any atom is 0.0534 e. The molecule has 58 valence electrons. The van der Waals surface area contributed by atoms with Crippen LogP contribution in [0.4, 0.5) is 0 Å². The van der Waals surface area contributed by atoms with Crippen molar-refractivity contribution in [2.24, 2.45) is 5.10 Å². The standard InChI is InChI=1S/C8H16N2/c1-4-5-6-9-10-7-8(2)3/h6,10H,2,4-5,7H2,1,3H3/b9-6+. The van der Waals surface area contributed by atoms with Crippen LogP contribution in [0.15, 0.2) is 17.3 Å². The van der Waals surface area contributed by atoms with Crippen LogP contribution in [0.5, 0.6) is 0 Å². The molecule has 0 saturated heterocycles. The molecule has 0 aliphatic rings. The second-order valence-corrected chi connectivity index (χ2v) is 2.39. The minimum atomic E-state index is 0.778. The Morgan fingerprint density at radius 2 is 2.40 bits per heavy atom. The van der Waals surface area contributed by atoms with E-state index in [1.165, 1.54) is 0 Å². The molecule has 10 heavy (non-hydrogen) atoms. The molecule has 0 fully saturated rings. The zero-order chi connectivity index (χ0) is 7.82. The third-order valence-corrected chi connectivity index (χ3v) is 0.981. The van der Waals surface area contributed by atoms with Crippen molar-refractivity contribution in [3.8, 4) is 0 Å². The smallest absolute Gasteiger partial charge is 0.0534 e. The second kappa shape index (κ2) is 6.33. The molecule has 0 rings (SSSR count). The van der Waals surface area contributed by atoms with E-state index in [1.54, 1.807) is 0 Å². The third-order valence-electron chi connectivity index (χ3n) is 0.981. The Morgan fingerprint density at radius 1 is 1.70 bits per heavy atom. The van der Waals surface area contributed by atoms with E-state index in [0.717, 1.165) is 25.0 Å². The van der Waals surface area contributed by atoms with Gasteiger partial charge in [-0.1, -0.05) is 25.5 Å². The average molecular weight is 140 g/mol. The minimum Gasteiger partial charge on any atom is -0.306 e. The number of nitrogens with zero attached hydrogens (tertiary/aromatic N) is 1. The van der Waals surface area contributed by atoms with Gasteiger partial charge in [0.2, 0.25) is 0 Å². The molecule has 0 aromatic heterocycles. The normalized spacial score (nSPS) is 10.2. The highest BCUT2D eigenvalue weighted by molar-refractivity contribution is 5.56. The van der Waals surface area contributed by atoms with Gasteiger partial charge in [-0.15, -0.1) is 0 Å². The van der Waals surface area contributed by atoms with Crippen molar-refractivity contribution in [1.29, 1.82) is 0 Å². The molecule has 0 radical (unpaired) electrons. The minimum absolute atomic E-state index is 0.778. The number of hydrogen-bond donors (Lipinski definition) is 1. The van der Waals surface area contributed by atoms with Gasteiger partial charge in [-0.05, 0) is 13.3 Å². The molecule has 0 unspecified atom stereocenters. The van der Waals surface area contributed by atoms with E-state index in [-0.39, 0.29) is 0 Å². The molecular formula is C8H16N2. The summed E-state index contributed by atoms with van der Waals surface area (Å²) in [4.78, 5) is 0. The van der Waals surface area contributed by atoms with Crippen LogP contribution in [-0.4, -0.2) is 12.8 Å². The van der Waals surface area contributed by atoms with E-state index >= 15 is 0 Å². The zero-order valence-corrected chi connectivity index (χ0v) is 6.85. The van der Waals surface area contributed by atoms with Gasteiger partial charge in [0.1, 0.15) is 0 Å². The van der Waals surface area contributed by atoms with Gasteiger partial charge in [-0.25, -0.2) is 0 Å². The quantitative estimate of drug-likeness (QED) is 0.352. The topological polar surface area (TPSA) is 24.4 Å². The highest BCUT2D eigenvalue weighted by Crippen LogP contribution is 1.82. The Morgan fingerprint density at radius 3 is 2.90 bits per heavy atom. The van der Waals surface area contributed by atoms with Crippen LogP contribution in [-0.2, 0) is 0 Å². The van der Waals surface area contributed by atoms with Gasteiger partial charge in [-0.3, -0.25) is 0 Å². The lowest BCUT2D eigenvalue weighted by atomic mass is 10.4. The average Bonchev–Trinajstić information content (AvgIpc) is 1.87. The maximum absolute atomic E-state index is 3.97. The van der Waals surface area contributed by atoms with Gasteiger partial charge in [0, 0.05) is 6.21 Å². The summed E-state index contributed by atoms with van der Waals surface area (Å²) in [5.74, 6) is 0. The van der Waals surface area contributed by atoms with Crippen LogP contribution < -0.4 is 5.43 Å². The predicted molar refractivity (Wildman–Crippen MR) is 46.2 cm³/mol. The van der Waals surface area contributed by atoms with E-state index in [9.17, 15) is 0 Å². The van der Waals surface area contributed by atoms with Gasteiger partial charge >= 0.3 is 0 Å². The molecule has 0 aliphatic heterocycles. The van der Waals surface area contributed by atoms with Crippen LogP contribution in [0, 0.1) is 0 Å². The molecule has 0 spiro atoms. The van der Waals surface area contributed by atoms with Gasteiger partial charge in [0.15, 0.2) is 0 Å². The summed E-state index contributed by atoms with van der Waals surface area (Å²) in [6, 6.07) is 0. The van der Waals surface area contributed by atoms with E-state index in [0.29, 0.717) is 0 Å². The Hall–Kier alpha value is -0.790. The van der Waals surface area contributed by atoms with Crippen molar-refractivity contribution in [3.63, 3.8) is 0 Å². The second-order valence-electron chi connectivity index (χ2n) is 2.39. The number of hydrogen-bond acceptors (Lipinski definition) is 2. The van der Waals surface area contributed by atoms with Gasteiger partial charge in [0.05, 0.1) is 6.54 Å². The van der Waals surface area contributed by atoms with Crippen LogP contribution in [0.25, 0.3) is 0 Å².